The zero-order chi connectivity index (χ0) is 16.8. The molecule has 0 amide bonds. The van der Waals surface area contributed by atoms with E-state index < -0.39 is 5.54 Å². The lowest BCUT2D eigenvalue weighted by Crippen LogP contribution is -2.24. The molecule has 24 heavy (non-hydrogen) atoms. The lowest BCUT2D eigenvalue weighted by molar-refractivity contribution is 0.320. The molecule has 0 bridgehead atoms. The van der Waals surface area contributed by atoms with Crippen molar-refractivity contribution >= 4 is 22.8 Å². The standard InChI is InChI=1S/C19H20ClN3O/c20-18-16-9-3-4-10-17(16)23-19(18,15-8-7-12-21-14-15)11-5-1-2-6-13-22-24/h3-4,7-10,12-14,24H,1-2,5-6,11H2. The zero-order valence-electron chi connectivity index (χ0n) is 13.4. The molecule has 4 nitrogen and oxygen atoms in total. The van der Waals surface area contributed by atoms with E-state index in [1.165, 1.54) is 6.21 Å². The maximum absolute atomic E-state index is 8.45. The summed E-state index contributed by atoms with van der Waals surface area (Å²) in [5, 5.41) is 14.2. The van der Waals surface area contributed by atoms with Crippen LogP contribution in [0.4, 0.5) is 0 Å². The van der Waals surface area contributed by atoms with Gasteiger partial charge in [0.1, 0.15) is 5.54 Å². The van der Waals surface area contributed by atoms with Crippen molar-refractivity contribution in [3.8, 4) is 0 Å². The molecule has 0 saturated heterocycles. The Kier molecular flexibility index (Phi) is 5.26. The number of aromatic nitrogens is 1. The van der Waals surface area contributed by atoms with Gasteiger partial charge < -0.3 is 5.21 Å². The van der Waals surface area contributed by atoms with E-state index in [4.69, 9.17) is 21.8 Å². The van der Waals surface area contributed by atoms with Gasteiger partial charge >= 0.3 is 0 Å². The third kappa shape index (κ3) is 3.20. The predicted molar refractivity (Wildman–Crippen MR) is 95.8 cm³/mol. The monoisotopic (exact) mass is 341 g/mol. The molecule has 0 radical (unpaired) electrons. The molecule has 1 aromatic carbocycles. The van der Waals surface area contributed by atoms with Crippen LogP contribution in [0.1, 0.15) is 37.7 Å². The van der Waals surface area contributed by atoms with E-state index in [9.17, 15) is 0 Å². The minimum absolute atomic E-state index is 0.537. The quantitative estimate of drug-likeness (QED) is 0.363. The number of unbranched alkanes of at least 4 members (excludes halogenated alkanes) is 3. The number of rotatable bonds is 7. The van der Waals surface area contributed by atoms with Crippen molar-refractivity contribution in [3.05, 3.63) is 64.9 Å². The Hall–Kier alpha value is -2.20. The molecule has 1 aliphatic rings. The number of hydrogen-bond donors (Lipinski definition) is 1. The molecule has 1 aliphatic heterocycles. The maximum atomic E-state index is 8.45. The minimum Gasteiger partial charge on any atom is -0.411 e. The number of nitrogens with zero attached hydrogens (tertiary/aromatic N) is 3. The second-order valence-corrected chi connectivity index (χ2v) is 6.32. The van der Waals surface area contributed by atoms with E-state index in [-0.39, 0.29) is 0 Å². The van der Waals surface area contributed by atoms with Crippen LogP contribution in [0.5, 0.6) is 0 Å². The maximum Gasteiger partial charge on any atom is 0.124 e. The molecule has 1 N–H and O–H groups in total. The fourth-order valence-corrected chi connectivity index (χ4v) is 3.60. The van der Waals surface area contributed by atoms with Crippen LogP contribution in [0.2, 0.25) is 0 Å². The van der Waals surface area contributed by atoms with Gasteiger partial charge in [-0.15, -0.1) is 5.16 Å². The number of para-hydroxylation sites is 1. The minimum atomic E-state index is -0.537. The summed E-state index contributed by atoms with van der Waals surface area (Å²) in [5.41, 5.74) is 0.494. The van der Waals surface area contributed by atoms with Gasteiger partial charge in [-0.3, -0.25) is 9.98 Å². The molecule has 2 heterocycles. The van der Waals surface area contributed by atoms with Crippen LogP contribution in [0.15, 0.2) is 58.9 Å². The van der Waals surface area contributed by atoms with Gasteiger partial charge in [0.25, 0.3) is 0 Å². The first-order chi connectivity index (χ1) is 11.8. The summed E-state index contributed by atoms with van der Waals surface area (Å²) in [4.78, 5) is 9.26. The Labute approximate surface area is 146 Å². The first kappa shape index (κ1) is 16.7. The summed E-state index contributed by atoms with van der Waals surface area (Å²) in [7, 11) is 0. The van der Waals surface area contributed by atoms with Crippen LogP contribution in [0, 0.1) is 0 Å². The molecule has 0 aliphatic carbocycles. The predicted octanol–water partition coefficient (Wildman–Crippen LogP) is 3.37. The van der Waals surface area contributed by atoms with Gasteiger partial charge in [0, 0.05) is 29.4 Å². The fourth-order valence-electron chi connectivity index (χ4n) is 3.19. The van der Waals surface area contributed by atoms with Crippen molar-refractivity contribution in [3.63, 3.8) is 0 Å². The molecular weight excluding hydrogens is 322 g/mol. The van der Waals surface area contributed by atoms with Crippen molar-refractivity contribution in [2.45, 2.75) is 37.6 Å². The third-order valence-electron chi connectivity index (χ3n) is 4.41. The molecule has 5 heteroatoms. The summed E-state index contributed by atoms with van der Waals surface area (Å²) in [6.45, 7) is 0. The number of benzene rings is 1. The zero-order valence-corrected chi connectivity index (χ0v) is 14.2. The number of halogens is 1. The number of fused-ring (bicyclic) bond motifs is 1. The lowest BCUT2D eigenvalue weighted by Gasteiger charge is -2.27. The van der Waals surface area contributed by atoms with Crippen molar-refractivity contribution in [1.82, 2.24) is 4.98 Å². The summed E-state index contributed by atoms with van der Waals surface area (Å²) >= 11 is 6.80. The molecule has 1 atom stereocenters. The van der Waals surface area contributed by atoms with Crippen LogP contribution < -0.4 is 10.6 Å². The van der Waals surface area contributed by atoms with E-state index in [1.54, 1.807) is 6.20 Å². The Balaban J connectivity index is 1.89. The largest absolute Gasteiger partial charge is 0.411 e. The first-order valence-electron chi connectivity index (χ1n) is 8.19. The highest BCUT2D eigenvalue weighted by molar-refractivity contribution is 6.47. The van der Waals surface area contributed by atoms with Crippen LogP contribution in [-0.2, 0) is 5.54 Å². The summed E-state index contributed by atoms with van der Waals surface area (Å²) in [6.07, 6.45) is 9.78. The third-order valence-corrected chi connectivity index (χ3v) is 4.92. The fraction of sp³-hybridized carbons (Fsp3) is 0.316. The smallest absolute Gasteiger partial charge is 0.124 e. The average molecular weight is 342 g/mol. The Morgan fingerprint density at radius 1 is 1.12 bits per heavy atom. The Morgan fingerprint density at radius 2 is 2.00 bits per heavy atom. The van der Waals surface area contributed by atoms with Gasteiger partial charge in [-0.2, -0.15) is 0 Å². The molecule has 1 unspecified atom stereocenters. The molecule has 1 aromatic heterocycles. The molecule has 0 fully saturated rings. The topological polar surface area (TPSA) is 57.8 Å². The van der Waals surface area contributed by atoms with Crippen molar-refractivity contribution in [1.29, 1.82) is 0 Å². The SMILES string of the molecule is ON=CCCCCCC1(c2cccnc2)N=c2ccccc2=C1Cl. The Bertz CT molecular complexity index is 835. The lowest BCUT2D eigenvalue weighted by atomic mass is 9.86. The van der Waals surface area contributed by atoms with Gasteiger partial charge in [-0.05, 0) is 31.4 Å². The van der Waals surface area contributed by atoms with E-state index in [0.29, 0.717) is 0 Å². The highest BCUT2D eigenvalue weighted by Crippen LogP contribution is 2.42. The molecule has 124 valence electrons. The highest BCUT2D eigenvalue weighted by Gasteiger charge is 2.38. The van der Waals surface area contributed by atoms with Gasteiger partial charge in [0.15, 0.2) is 0 Å². The summed E-state index contributed by atoms with van der Waals surface area (Å²) in [6, 6.07) is 12.0. The highest BCUT2D eigenvalue weighted by atomic mass is 35.5. The van der Waals surface area contributed by atoms with Gasteiger partial charge in [0.2, 0.25) is 0 Å². The van der Waals surface area contributed by atoms with Gasteiger partial charge in [-0.1, -0.05) is 48.7 Å². The molecular formula is C19H20ClN3O. The molecule has 2 aromatic rings. The first-order valence-corrected chi connectivity index (χ1v) is 8.57. The van der Waals surface area contributed by atoms with Crippen molar-refractivity contribution < 1.29 is 5.21 Å². The molecule has 0 saturated carbocycles. The normalized spacial score (nSPS) is 19.5. The average Bonchev–Trinajstić information content (AvgIpc) is 2.92. The van der Waals surface area contributed by atoms with E-state index in [0.717, 1.165) is 53.3 Å². The van der Waals surface area contributed by atoms with Gasteiger partial charge in [-0.25, -0.2) is 0 Å². The van der Waals surface area contributed by atoms with Crippen LogP contribution in [0.3, 0.4) is 0 Å². The van der Waals surface area contributed by atoms with Gasteiger partial charge in [0.05, 0.1) is 10.4 Å². The van der Waals surface area contributed by atoms with Crippen molar-refractivity contribution in [2.75, 3.05) is 0 Å². The van der Waals surface area contributed by atoms with E-state index >= 15 is 0 Å². The number of oxime groups is 1. The van der Waals surface area contributed by atoms with Crippen LogP contribution >= 0.6 is 11.6 Å². The molecule has 0 spiro atoms. The summed E-state index contributed by atoms with van der Waals surface area (Å²) in [5.74, 6) is 0. The number of pyridine rings is 1. The number of hydrogen-bond acceptors (Lipinski definition) is 4. The summed E-state index contributed by atoms with van der Waals surface area (Å²) < 4.78 is 0. The Morgan fingerprint density at radius 3 is 2.75 bits per heavy atom. The van der Waals surface area contributed by atoms with E-state index in [1.807, 2.05) is 42.6 Å². The van der Waals surface area contributed by atoms with Crippen LogP contribution in [-0.4, -0.2) is 16.4 Å². The van der Waals surface area contributed by atoms with Crippen molar-refractivity contribution in [2.24, 2.45) is 10.1 Å². The second kappa shape index (κ2) is 7.58. The molecule has 3 rings (SSSR count). The van der Waals surface area contributed by atoms with E-state index in [2.05, 4.69) is 10.1 Å². The second-order valence-electron chi connectivity index (χ2n) is 5.94. The van der Waals surface area contributed by atoms with Crippen LogP contribution in [0.25, 0.3) is 5.03 Å².